The first-order chi connectivity index (χ1) is 7.79. The Labute approximate surface area is 111 Å². The van der Waals surface area contributed by atoms with Gasteiger partial charge in [-0.25, -0.2) is 0 Å². The maximum Gasteiger partial charge on any atom is 0.0380 e. The van der Waals surface area contributed by atoms with Crippen LogP contribution in [0.1, 0.15) is 5.56 Å². The smallest absolute Gasteiger partial charge is 0.0380 e. The van der Waals surface area contributed by atoms with E-state index in [1.165, 1.54) is 14.8 Å². The molecule has 1 saturated heterocycles. The van der Waals surface area contributed by atoms with Crippen LogP contribution in [0.3, 0.4) is 0 Å². The second-order valence-electron chi connectivity index (χ2n) is 3.94. The van der Waals surface area contributed by atoms with Gasteiger partial charge in [-0.2, -0.15) is 0 Å². The highest BCUT2D eigenvalue weighted by molar-refractivity contribution is 14.1. The van der Waals surface area contributed by atoms with Gasteiger partial charge in [0, 0.05) is 41.9 Å². The van der Waals surface area contributed by atoms with Crippen molar-refractivity contribution in [1.82, 2.24) is 5.32 Å². The second-order valence-corrected chi connectivity index (χ2v) is 5.18. The largest absolute Gasteiger partial charge is 0.369 e. The van der Waals surface area contributed by atoms with E-state index in [2.05, 4.69) is 56.9 Å². The molecule has 1 fully saturated rings. The van der Waals surface area contributed by atoms with Crippen LogP contribution in [0.5, 0.6) is 0 Å². The zero-order valence-electron chi connectivity index (χ0n) is 9.17. The summed E-state index contributed by atoms with van der Waals surface area (Å²) in [5, 5.41) is 3.36. The van der Waals surface area contributed by atoms with Gasteiger partial charge >= 0.3 is 0 Å². The fourth-order valence-corrected chi connectivity index (χ4v) is 2.68. The van der Waals surface area contributed by atoms with E-state index < -0.39 is 0 Å². The van der Waals surface area contributed by atoms with Crippen LogP contribution in [0.4, 0.5) is 5.69 Å². The molecular formula is C13H15IN2. The van der Waals surface area contributed by atoms with E-state index in [4.69, 9.17) is 6.42 Å². The van der Waals surface area contributed by atoms with Crippen molar-refractivity contribution in [2.24, 2.45) is 0 Å². The zero-order chi connectivity index (χ0) is 11.4. The number of benzene rings is 1. The molecular weight excluding hydrogens is 311 g/mol. The first-order valence-corrected chi connectivity index (χ1v) is 6.56. The van der Waals surface area contributed by atoms with Gasteiger partial charge in [0.2, 0.25) is 0 Å². The summed E-state index contributed by atoms with van der Waals surface area (Å²) < 4.78 is 1.26. The van der Waals surface area contributed by atoms with Gasteiger partial charge in [0.15, 0.2) is 0 Å². The number of rotatable bonds is 2. The van der Waals surface area contributed by atoms with Crippen molar-refractivity contribution in [2.75, 3.05) is 31.1 Å². The Morgan fingerprint density at radius 1 is 1.31 bits per heavy atom. The van der Waals surface area contributed by atoms with Crippen LogP contribution in [0.15, 0.2) is 18.2 Å². The molecule has 0 atom stereocenters. The number of halogens is 1. The molecule has 1 aromatic carbocycles. The van der Waals surface area contributed by atoms with Gasteiger partial charge in [-0.15, -0.1) is 12.3 Å². The van der Waals surface area contributed by atoms with E-state index in [0.29, 0.717) is 0 Å². The molecule has 1 heterocycles. The molecule has 1 aromatic rings. The monoisotopic (exact) mass is 326 g/mol. The van der Waals surface area contributed by atoms with Crippen molar-refractivity contribution < 1.29 is 0 Å². The molecule has 84 valence electrons. The van der Waals surface area contributed by atoms with Crippen molar-refractivity contribution in [3.05, 3.63) is 27.3 Å². The summed E-state index contributed by atoms with van der Waals surface area (Å²) in [5.41, 5.74) is 2.54. The van der Waals surface area contributed by atoms with Gasteiger partial charge in [0.05, 0.1) is 0 Å². The third-order valence-electron chi connectivity index (χ3n) is 2.73. The average Bonchev–Trinajstić information content (AvgIpc) is 2.30. The van der Waals surface area contributed by atoms with E-state index in [0.717, 1.165) is 32.6 Å². The molecule has 2 rings (SSSR count). The maximum absolute atomic E-state index is 5.36. The number of anilines is 1. The van der Waals surface area contributed by atoms with E-state index in [1.807, 2.05) is 0 Å². The van der Waals surface area contributed by atoms with Crippen molar-refractivity contribution in [1.29, 1.82) is 0 Å². The average molecular weight is 326 g/mol. The van der Waals surface area contributed by atoms with Crippen molar-refractivity contribution in [3.8, 4) is 12.3 Å². The minimum absolute atomic E-state index is 0.718. The molecule has 0 bridgehead atoms. The lowest BCUT2D eigenvalue weighted by Crippen LogP contribution is -2.43. The predicted octanol–water partition coefficient (Wildman–Crippen LogP) is 1.88. The van der Waals surface area contributed by atoms with E-state index in [-0.39, 0.29) is 0 Å². The van der Waals surface area contributed by atoms with E-state index >= 15 is 0 Å². The summed E-state index contributed by atoms with van der Waals surface area (Å²) >= 11 is 2.36. The Morgan fingerprint density at radius 2 is 2.06 bits per heavy atom. The summed E-state index contributed by atoms with van der Waals surface area (Å²) in [4.78, 5) is 2.42. The van der Waals surface area contributed by atoms with Gasteiger partial charge in [-0.05, 0) is 46.4 Å². The Morgan fingerprint density at radius 3 is 2.75 bits per heavy atom. The Kier molecular flexibility index (Phi) is 4.08. The number of nitrogens with zero attached hydrogens (tertiary/aromatic N) is 1. The van der Waals surface area contributed by atoms with Crippen LogP contribution in [0, 0.1) is 15.9 Å². The molecule has 0 amide bonds. The third kappa shape index (κ3) is 2.89. The molecule has 0 aromatic heterocycles. The fourth-order valence-electron chi connectivity index (χ4n) is 1.96. The highest BCUT2D eigenvalue weighted by Gasteiger charge is 2.11. The number of terminal acetylenes is 1. The van der Waals surface area contributed by atoms with Gasteiger partial charge in [0.1, 0.15) is 0 Å². The summed E-state index contributed by atoms with van der Waals surface area (Å²) in [5.74, 6) is 2.71. The fraction of sp³-hybridized carbons (Fsp3) is 0.385. The summed E-state index contributed by atoms with van der Waals surface area (Å²) in [6, 6.07) is 6.60. The first kappa shape index (κ1) is 11.7. The standard InChI is InChI=1S/C13H15IN2/c1-2-3-11-8-12(14)10-13(9-11)16-6-4-15-5-7-16/h1,8-10,15H,3-7H2. The van der Waals surface area contributed by atoms with Gasteiger partial charge in [-0.3, -0.25) is 0 Å². The first-order valence-electron chi connectivity index (χ1n) is 5.48. The van der Waals surface area contributed by atoms with Crippen molar-refractivity contribution >= 4 is 28.3 Å². The number of piperazine rings is 1. The number of nitrogens with one attached hydrogen (secondary N) is 1. The van der Waals surface area contributed by atoms with E-state index in [9.17, 15) is 0 Å². The molecule has 0 radical (unpaired) electrons. The van der Waals surface area contributed by atoms with Crippen LogP contribution < -0.4 is 10.2 Å². The molecule has 0 spiro atoms. The molecule has 16 heavy (non-hydrogen) atoms. The normalized spacial score (nSPS) is 15.9. The van der Waals surface area contributed by atoms with Crippen LogP contribution in [-0.4, -0.2) is 26.2 Å². The molecule has 1 N–H and O–H groups in total. The van der Waals surface area contributed by atoms with Crippen molar-refractivity contribution in [3.63, 3.8) is 0 Å². The Hall–Kier alpha value is -0.730. The van der Waals surface area contributed by atoms with Gasteiger partial charge in [-0.1, -0.05) is 0 Å². The Balaban J connectivity index is 2.22. The van der Waals surface area contributed by atoms with Crippen LogP contribution in [0.2, 0.25) is 0 Å². The second kappa shape index (κ2) is 5.55. The molecule has 3 heteroatoms. The summed E-state index contributed by atoms with van der Waals surface area (Å²) in [6.07, 6.45) is 6.08. The van der Waals surface area contributed by atoms with Crippen LogP contribution in [-0.2, 0) is 6.42 Å². The predicted molar refractivity (Wildman–Crippen MR) is 76.8 cm³/mol. The highest BCUT2D eigenvalue weighted by atomic mass is 127. The molecule has 0 aliphatic carbocycles. The van der Waals surface area contributed by atoms with E-state index in [1.54, 1.807) is 0 Å². The number of hydrogen-bond acceptors (Lipinski definition) is 2. The highest BCUT2D eigenvalue weighted by Crippen LogP contribution is 2.21. The molecule has 1 aliphatic heterocycles. The minimum Gasteiger partial charge on any atom is -0.369 e. The van der Waals surface area contributed by atoms with Crippen molar-refractivity contribution in [2.45, 2.75) is 6.42 Å². The molecule has 0 unspecified atom stereocenters. The maximum atomic E-state index is 5.36. The number of hydrogen-bond donors (Lipinski definition) is 1. The molecule has 0 saturated carbocycles. The quantitative estimate of drug-likeness (QED) is 0.659. The lowest BCUT2D eigenvalue weighted by molar-refractivity contribution is 0.589. The topological polar surface area (TPSA) is 15.3 Å². The molecule has 1 aliphatic rings. The minimum atomic E-state index is 0.718. The molecule has 2 nitrogen and oxygen atoms in total. The van der Waals surface area contributed by atoms with Gasteiger partial charge < -0.3 is 10.2 Å². The summed E-state index contributed by atoms with van der Waals surface area (Å²) in [6.45, 7) is 4.29. The lowest BCUT2D eigenvalue weighted by Gasteiger charge is -2.30. The van der Waals surface area contributed by atoms with Crippen LogP contribution >= 0.6 is 22.6 Å². The summed E-state index contributed by atoms with van der Waals surface area (Å²) in [7, 11) is 0. The van der Waals surface area contributed by atoms with Gasteiger partial charge in [0.25, 0.3) is 0 Å². The lowest BCUT2D eigenvalue weighted by atomic mass is 10.1. The zero-order valence-corrected chi connectivity index (χ0v) is 11.3. The SMILES string of the molecule is C#CCc1cc(I)cc(N2CCNCC2)c1. The third-order valence-corrected chi connectivity index (χ3v) is 3.35. The Bertz CT molecular complexity index is 403. The van der Waals surface area contributed by atoms with Crippen LogP contribution in [0.25, 0.3) is 0 Å².